The molecule has 0 spiro atoms. The number of hydrogen-bond donors (Lipinski definition) is 2. The maximum atomic E-state index is 13.4. The van der Waals surface area contributed by atoms with Crippen LogP contribution in [-0.2, 0) is 6.61 Å². The Hall–Kier alpha value is -4.66. The fraction of sp³-hybridized carbons (Fsp3) is 0.308. The van der Waals surface area contributed by atoms with Gasteiger partial charge in [-0.2, -0.15) is 0 Å². The van der Waals surface area contributed by atoms with Gasteiger partial charge in [0, 0.05) is 35.3 Å². The molecule has 1 aliphatic carbocycles. The van der Waals surface area contributed by atoms with E-state index in [1.807, 2.05) is 72.8 Å². The molecule has 7 rings (SSSR count). The van der Waals surface area contributed by atoms with E-state index < -0.39 is 5.97 Å². The van der Waals surface area contributed by atoms with Crippen molar-refractivity contribution >= 4 is 34.5 Å². The SMILES string of the molecule is O=C(O)c1cccc2c1nc(-c1ccc(OCc3ccc(C(=O)N4CCC(O)CC4)cc3-c3ccc(Cl)cc3)cc1)n2C1CCCCC1. The molecule has 5 aromatic rings. The normalized spacial score (nSPS) is 15.9. The van der Waals surface area contributed by atoms with Gasteiger partial charge in [0.15, 0.2) is 0 Å². The Morgan fingerprint density at radius 1 is 0.854 bits per heavy atom. The van der Waals surface area contributed by atoms with E-state index in [0.717, 1.165) is 59.3 Å². The lowest BCUT2D eigenvalue weighted by atomic mass is 9.94. The van der Waals surface area contributed by atoms with Gasteiger partial charge < -0.3 is 24.4 Å². The molecule has 0 unspecified atom stereocenters. The highest BCUT2D eigenvalue weighted by atomic mass is 35.5. The fourth-order valence-electron chi connectivity index (χ4n) is 7.05. The summed E-state index contributed by atoms with van der Waals surface area (Å²) in [6, 6.07) is 26.7. The average molecular weight is 664 g/mol. The summed E-state index contributed by atoms with van der Waals surface area (Å²) < 4.78 is 8.54. The predicted octanol–water partition coefficient (Wildman–Crippen LogP) is 8.40. The summed E-state index contributed by atoms with van der Waals surface area (Å²) in [6.45, 7) is 1.35. The zero-order valence-electron chi connectivity index (χ0n) is 26.6. The zero-order chi connectivity index (χ0) is 33.2. The fourth-order valence-corrected chi connectivity index (χ4v) is 7.17. The number of aromatic carboxylic acids is 1. The van der Waals surface area contributed by atoms with Crippen LogP contribution in [0.5, 0.6) is 5.75 Å². The molecule has 4 aromatic carbocycles. The molecule has 246 valence electrons. The molecule has 2 fully saturated rings. The number of carbonyl (C=O) groups is 2. The number of likely N-dealkylation sites (tertiary alicyclic amines) is 1. The van der Waals surface area contributed by atoms with Gasteiger partial charge in [0.25, 0.3) is 5.91 Å². The molecule has 1 aliphatic heterocycles. The second-order valence-corrected chi connectivity index (χ2v) is 13.2. The third-order valence-corrected chi connectivity index (χ3v) is 9.91. The number of imidazole rings is 1. The lowest BCUT2D eigenvalue weighted by molar-refractivity contribution is 0.0546. The van der Waals surface area contributed by atoms with E-state index in [1.165, 1.54) is 6.42 Å². The molecule has 1 aromatic heterocycles. The molecule has 2 aliphatic rings. The monoisotopic (exact) mass is 663 g/mol. The molecular formula is C39H38ClN3O5. The highest BCUT2D eigenvalue weighted by Crippen LogP contribution is 2.37. The van der Waals surface area contributed by atoms with Crippen molar-refractivity contribution in [3.8, 4) is 28.3 Å². The van der Waals surface area contributed by atoms with Gasteiger partial charge in [-0.05, 0) is 103 Å². The van der Waals surface area contributed by atoms with Crippen LogP contribution >= 0.6 is 11.6 Å². The first-order valence-electron chi connectivity index (χ1n) is 16.7. The zero-order valence-corrected chi connectivity index (χ0v) is 27.4. The summed E-state index contributed by atoms with van der Waals surface area (Å²) in [7, 11) is 0. The number of aliphatic hydroxyl groups excluding tert-OH is 1. The molecule has 2 heterocycles. The van der Waals surface area contributed by atoms with Crippen LogP contribution in [0.25, 0.3) is 33.5 Å². The maximum Gasteiger partial charge on any atom is 0.337 e. The number of benzene rings is 4. The number of carbonyl (C=O) groups excluding carboxylic acids is 1. The van der Waals surface area contributed by atoms with Gasteiger partial charge in [0.05, 0.1) is 17.2 Å². The Balaban J connectivity index is 1.16. The van der Waals surface area contributed by atoms with E-state index in [2.05, 4.69) is 4.57 Å². The maximum absolute atomic E-state index is 13.4. The van der Waals surface area contributed by atoms with Crippen LogP contribution in [0.15, 0.2) is 84.9 Å². The molecule has 0 radical (unpaired) electrons. The number of nitrogens with zero attached hydrogens (tertiary/aromatic N) is 3. The van der Waals surface area contributed by atoms with E-state index in [0.29, 0.717) is 47.8 Å². The van der Waals surface area contributed by atoms with E-state index in [9.17, 15) is 19.8 Å². The largest absolute Gasteiger partial charge is 0.489 e. The Morgan fingerprint density at radius 3 is 2.27 bits per heavy atom. The number of ether oxygens (including phenoxy) is 1. The molecule has 0 atom stereocenters. The van der Waals surface area contributed by atoms with Crippen molar-refractivity contribution in [2.45, 2.75) is 63.7 Å². The molecular weight excluding hydrogens is 626 g/mol. The summed E-state index contributed by atoms with van der Waals surface area (Å²) in [5, 5.41) is 20.4. The van der Waals surface area contributed by atoms with Crippen molar-refractivity contribution in [2.24, 2.45) is 0 Å². The number of aromatic nitrogens is 2. The van der Waals surface area contributed by atoms with Gasteiger partial charge in [-0.15, -0.1) is 0 Å². The van der Waals surface area contributed by atoms with Gasteiger partial charge in [0.1, 0.15) is 23.7 Å². The quantitative estimate of drug-likeness (QED) is 0.173. The van der Waals surface area contributed by atoms with Crippen molar-refractivity contribution in [3.05, 3.63) is 107 Å². The van der Waals surface area contributed by atoms with E-state index >= 15 is 0 Å². The summed E-state index contributed by atoms with van der Waals surface area (Å²) in [5.74, 6) is 0.422. The van der Waals surface area contributed by atoms with E-state index in [-0.39, 0.29) is 30.2 Å². The molecule has 1 saturated carbocycles. The molecule has 8 nitrogen and oxygen atoms in total. The number of fused-ring (bicyclic) bond motifs is 1. The predicted molar refractivity (Wildman–Crippen MR) is 187 cm³/mol. The first kappa shape index (κ1) is 31.9. The van der Waals surface area contributed by atoms with Crippen LogP contribution in [0, 0.1) is 0 Å². The molecule has 1 amide bonds. The molecule has 9 heteroatoms. The van der Waals surface area contributed by atoms with Gasteiger partial charge in [-0.1, -0.05) is 55.1 Å². The van der Waals surface area contributed by atoms with Crippen LogP contribution < -0.4 is 4.74 Å². The molecule has 2 N–H and O–H groups in total. The summed E-state index contributed by atoms with van der Waals surface area (Å²) in [5.41, 5.74) is 5.81. The minimum absolute atomic E-state index is 0.0464. The first-order valence-corrected chi connectivity index (χ1v) is 17.1. The van der Waals surface area contributed by atoms with E-state index in [1.54, 1.807) is 17.0 Å². The van der Waals surface area contributed by atoms with Crippen LogP contribution in [0.2, 0.25) is 5.02 Å². The Morgan fingerprint density at radius 2 is 1.56 bits per heavy atom. The average Bonchev–Trinajstić information content (AvgIpc) is 3.51. The van der Waals surface area contributed by atoms with Crippen LogP contribution in [0.1, 0.15) is 77.3 Å². The number of aliphatic hydroxyl groups is 1. The van der Waals surface area contributed by atoms with Gasteiger partial charge in [0.2, 0.25) is 0 Å². The van der Waals surface area contributed by atoms with Crippen molar-refractivity contribution in [2.75, 3.05) is 13.1 Å². The molecule has 1 saturated heterocycles. The van der Waals surface area contributed by atoms with Gasteiger partial charge >= 0.3 is 5.97 Å². The van der Waals surface area contributed by atoms with Crippen LogP contribution in [-0.4, -0.2) is 55.7 Å². The Kier molecular flexibility index (Phi) is 9.19. The third-order valence-electron chi connectivity index (χ3n) is 9.66. The smallest absolute Gasteiger partial charge is 0.337 e. The van der Waals surface area contributed by atoms with Crippen molar-refractivity contribution < 1.29 is 24.5 Å². The van der Waals surface area contributed by atoms with Crippen molar-refractivity contribution in [3.63, 3.8) is 0 Å². The second-order valence-electron chi connectivity index (χ2n) is 12.8. The number of hydrogen-bond acceptors (Lipinski definition) is 5. The van der Waals surface area contributed by atoms with Crippen molar-refractivity contribution in [1.82, 2.24) is 14.5 Å². The number of rotatable bonds is 8. The van der Waals surface area contributed by atoms with Gasteiger partial charge in [-0.25, -0.2) is 9.78 Å². The first-order chi connectivity index (χ1) is 23.4. The minimum Gasteiger partial charge on any atom is -0.489 e. The molecule has 48 heavy (non-hydrogen) atoms. The van der Waals surface area contributed by atoms with E-state index in [4.69, 9.17) is 21.3 Å². The number of piperidine rings is 1. The van der Waals surface area contributed by atoms with Gasteiger partial charge in [-0.3, -0.25) is 4.79 Å². The highest BCUT2D eigenvalue weighted by molar-refractivity contribution is 6.30. The second kappa shape index (κ2) is 13.8. The number of amides is 1. The van der Waals surface area contributed by atoms with Crippen LogP contribution in [0.4, 0.5) is 0 Å². The lowest BCUT2D eigenvalue weighted by Crippen LogP contribution is -2.40. The number of para-hydroxylation sites is 1. The lowest BCUT2D eigenvalue weighted by Gasteiger charge is -2.29. The molecule has 0 bridgehead atoms. The summed E-state index contributed by atoms with van der Waals surface area (Å²) in [6.07, 6.45) is 6.40. The summed E-state index contributed by atoms with van der Waals surface area (Å²) in [4.78, 5) is 32.1. The number of halogens is 1. The topological polar surface area (TPSA) is 105 Å². The Bertz CT molecular complexity index is 1940. The van der Waals surface area contributed by atoms with Crippen molar-refractivity contribution in [1.29, 1.82) is 0 Å². The number of carboxylic acids is 1. The minimum atomic E-state index is -0.981. The standard InChI is InChI=1S/C39H38ClN3O5/c40-29-15-11-25(12-16-29)34-23-27(38(45)42-21-19-31(44)20-22-42)9-10-28(34)24-48-32-17-13-26(14-18-32)37-41-36-33(39(46)47)7-4-8-35(36)43(37)30-5-2-1-3-6-30/h4,7-18,23,30-31,44H,1-3,5-6,19-22,24H2,(H,46,47). The highest BCUT2D eigenvalue weighted by Gasteiger charge is 2.25. The number of carboxylic acid groups (broad SMARTS) is 1. The third kappa shape index (κ3) is 6.55. The summed E-state index contributed by atoms with van der Waals surface area (Å²) >= 11 is 6.19. The Labute approximate surface area is 284 Å². The van der Waals surface area contributed by atoms with Crippen LogP contribution in [0.3, 0.4) is 0 Å².